The summed E-state index contributed by atoms with van der Waals surface area (Å²) >= 11 is 1.84. The van der Waals surface area contributed by atoms with Crippen LogP contribution in [0.1, 0.15) is 16.7 Å². The molecule has 0 radical (unpaired) electrons. The lowest BCUT2D eigenvalue weighted by Gasteiger charge is -2.12. The van der Waals surface area contributed by atoms with Crippen molar-refractivity contribution in [3.8, 4) is 5.75 Å². The second-order valence-electron chi connectivity index (χ2n) is 3.98. The van der Waals surface area contributed by atoms with Gasteiger partial charge in [0.05, 0.1) is 6.61 Å². The normalized spacial score (nSPS) is 10.5. The summed E-state index contributed by atoms with van der Waals surface area (Å²) in [5.74, 6) is 3.05. The van der Waals surface area contributed by atoms with Gasteiger partial charge in [0.25, 0.3) is 0 Å². The van der Waals surface area contributed by atoms with E-state index in [-0.39, 0.29) is 0 Å². The minimum absolute atomic E-state index is 0.743. The SMILES string of the molecule is Cc1cc(C)c(OCCSCCN)c(C)c1. The van der Waals surface area contributed by atoms with Gasteiger partial charge in [-0.05, 0) is 31.9 Å². The molecule has 0 saturated carbocycles. The molecule has 0 bridgehead atoms. The molecule has 0 aromatic heterocycles. The van der Waals surface area contributed by atoms with Crippen LogP contribution < -0.4 is 10.5 Å². The molecule has 0 spiro atoms. The van der Waals surface area contributed by atoms with E-state index in [9.17, 15) is 0 Å². The molecule has 1 rings (SSSR count). The molecule has 0 heterocycles. The maximum absolute atomic E-state index is 5.81. The Kier molecular flexibility index (Phi) is 5.71. The molecular weight excluding hydrogens is 218 g/mol. The molecule has 0 aliphatic rings. The molecule has 2 nitrogen and oxygen atoms in total. The average Bonchev–Trinajstić information content (AvgIpc) is 2.20. The van der Waals surface area contributed by atoms with Crippen LogP contribution in [0.15, 0.2) is 12.1 Å². The molecule has 0 aliphatic heterocycles. The zero-order valence-corrected chi connectivity index (χ0v) is 11.2. The lowest BCUT2D eigenvalue weighted by Crippen LogP contribution is -2.07. The predicted octanol–water partition coefficient (Wildman–Crippen LogP) is 2.68. The Hall–Kier alpha value is -0.670. The number of thioether (sulfide) groups is 1. The maximum Gasteiger partial charge on any atom is 0.125 e. The fraction of sp³-hybridized carbons (Fsp3) is 0.538. The van der Waals surface area contributed by atoms with Gasteiger partial charge in [0.1, 0.15) is 5.75 Å². The molecule has 2 N–H and O–H groups in total. The first-order valence-corrected chi connectivity index (χ1v) is 6.79. The molecule has 1 aromatic carbocycles. The smallest absolute Gasteiger partial charge is 0.125 e. The van der Waals surface area contributed by atoms with E-state index < -0.39 is 0 Å². The second kappa shape index (κ2) is 6.81. The van der Waals surface area contributed by atoms with Gasteiger partial charge >= 0.3 is 0 Å². The molecule has 16 heavy (non-hydrogen) atoms. The quantitative estimate of drug-likeness (QED) is 0.775. The molecule has 0 amide bonds. The van der Waals surface area contributed by atoms with Crippen LogP contribution in [0.25, 0.3) is 0 Å². The summed E-state index contributed by atoms with van der Waals surface area (Å²) in [6, 6.07) is 4.32. The molecule has 0 fully saturated rings. The van der Waals surface area contributed by atoms with Crippen LogP contribution in [0.4, 0.5) is 0 Å². The van der Waals surface area contributed by atoms with Crippen LogP contribution in [-0.2, 0) is 0 Å². The van der Waals surface area contributed by atoms with E-state index in [0.717, 1.165) is 30.4 Å². The molecule has 1 aromatic rings. The Bertz CT molecular complexity index is 316. The van der Waals surface area contributed by atoms with Crippen LogP contribution in [0.5, 0.6) is 5.75 Å². The molecule has 3 heteroatoms. The van der Waals surface area contributed by atoms with E-state index in [1.165, 1.54) is 16.7 Å². The Balaban J connectivity index is 2.47. The van der Waals surface area contributed by atoms with Gasteiger partial charge in [0, 0.05) is 18.1 Å². The Morgan fingerprint density at radius 1 is 1.12 bits per heavy atom. The van der Waals surface area contributed by atoms with Gasteiger partial charge in [0.15, 0.2) is 0 Å². The van der Waals surface area contributed by atoms with Crippen molar-refractivity contribution in [1.82, 2.24) is 0 Å². The van der Waals surface area contributed by atoms with Crippen LogP contribution in [-0.4, -0.2) is 24.7 Å². The predicted molar refractivity (Wildman–Crippen MR) is 72.5 cm³/mol. The second-order valence-corrected chi connectivity index (χ2v) is 5.20. The number of hydrogen-bond acceptors (Lipinski definition) is 3. The van der Waals surface area contributed by atoms with Gasteiger partial charge in [-0.25, -0.2) is 0 Å². The Morgan fingerprint density at radius 2 is 1.75 bits per heavy atom. The zero-order chi connectivity index (χ0) is 12.0. The van der Waals surface area contributed by atoms with Gasteiger partial charge in [-0.15, -0.1) is 0 Å². The summed E-state index contributed by atoms with van der Waals surface area (Å²) in [6.07, 6.45) is 0. The van der Waals surface area contributed by atoms with Gasteiger partial charge in [-0.3, -0.25) is 0 Å². The van der Waals surface area contributed by atoms with Gasteiger partial charge in [0.2, 0.25) is 0 Å². The van der Waals surface area contributed by atoms with E-state index in [2.05, 4.69) is 32.9 Å². The molecular formula is C13H21NOS. The number of rotatable bonds is 6. The van der Waals surface area contributed by atoms with Crippen molar-refractivity contribution in [3.05, 3.63) is 28.8 Å². The van der Waals surface area contributed by atoms with E-state index in [0.29, 0.717) is 0 Å². The van der Waals surface area contributed by atoms with Gasteiger partial charge in [-0.2, -0.15) is 11.8 Å². The van der Waals surface area contributed by atoms with Gasteiger partial charge < -0.3 is 10.5 Å². The largest absolute Gasteiger partial charge is 0.492 e. The topological polar surface area (TPSA) is 35.2 Å². The molecule has 0 aliphatic carbocycles. The molecule has 90 valence electrons. The zero-order valence-electron chi connectivity index (χ0n) is 10.4. The molecule has 0 saturated heterocycles. The number of ether oxygens (including phenoxy) is 1. The number of benzene rings is 1. The monoisotopic (exact) mass is 239 g/mol. The highest BCUT2D eigenvalue weighted by atomic mass is 32.2. The van der Waals surface area contributed by atoms with E-state index >= 15 is 0 Å². The number of aryl methyl sites for hydroxylation is 3. The van der Waals surface area contributed by atoms with Crippen molar-refractivity contribution in [2.24, 2.45) is 5.73 Å². The molecule has 0 unspecified atom stereocenters. The average molecular weight is 239 g/mol. The summed E-state index contributed by atoms with van der Waals surface area (Å²) in [5, 5.41) is 0. The minimum atomic E-state index is 0.743. The number of hydrogen-bond donors (Lipinski definition) is 1. The van der Waals surface area contributed by atoms with Crippen molar-refractivity contribution in [1.29, 1.82) is 0 Å². The van der Waals surface area contributed by atoms with Crippen molar-refractivity contribution in [2.75, 3.05) is 24.7 Å². The maximum atomic E-state index is 5.81. The lowest BCUT2D eigenvalue weighted by atomic mass is 10.1. The van der Waals surface area contributed by atoms with E-state index in [4.69, 9.17) is 10.5 Å². The minimum Gasteiger partial charge on any atom is -0.492 e. The first-order chi connectivity index (χ1) is 7.65. The third kappa shape index (κ3) is 4.06. The van der Waals surface area contributed by atoms with E-state index in [1.807, 2.05) is 11.8 Å². The third-order valence-electron chi connectivity index (χ3n) is 2.34. The first kappa shape index (κ1) is 13.4. The number of nitrogens with two attached hydrogens (primary N) is 1. The van der Waals surface area contributed by atoms with Crippen molar-refractivity contribution >= 4 is 11.8 Å². The highest BCUT2D eigenvalue weighted by molar-refractivity contribution is 7.99. The Morgan fingerprint density at radius 3 is 2.31 bits per heavy atom. The summed E-state index contributed by atoms with van der Waals surface area (Å²) in [6.45, 7) is 7.81. The fourth-order valence-electron chi connectivity index (χ4n) is 1.78. The standard InChI is InChI=1S/C13H21NOS/c1-10-8-11(2)13(12(3)9-10)15-5-7-16-6-4-14/h8-9H,4-7,14H2,1-3H3. The van der Waals surface area contributed by atoms with Crippen LogP contribution in [0, 0.1) is 20.8 Å². The lowest BCUT2D eigenvalue weighted by molar-refractivity contribution is 0.339. The van der Waals surface area contributed by atoms with Crippen LogP contribution >= 0.6 is 11.8 Å². The Labute approximate surface area is 103 Å². The van der Waals surface area contributed by atoms with Crippen molar-refractivity contribution in [3.63, 3.8) is 0 Å². The molecule has 0 atom stereocenters. The first-order valence-electron chi connectivity index (χ1n) is 5.63. The van der Waals surface area contributed by atoms with Crippen molar-refractivity contribution in [2.45, 2.75) is 20.8 Å². The fourth-order valence-corrected chi connectivity index (χ4v) is 2.35. The van der Waals surface area contributed by atoms with Gasteiger partial charge in [-0.1, -0.05) is 17.7 Å². The summed E-state index contributed by atoms with van der Waals surface area (Å²) in [5.41, 5.74) is 9.16. The third-order valence-corrected chi connectivity index (χ3v) is 3.32. The highest BCUT2D eigenvalue weighted by Gasteiger charge is 2.04. The van der Waals surface area contributed by atoms with E-state index in [1.54, 1.807) is 0 Å². The van der Waals surface area contributed by atoms with Crippen molar-refractivity contribution < 1.29 is 4.74 Å². The van der Waals surface area contributed by atoms with Crippen LogP contribution in [0.3, 0.4) is 0 Å². The highest BCUT2D eigenvalue weighted by Crippen LogP contribution is 2.24. The summed E-state index contributed by atoms with van der Waals surface area (Å²) in [7, 11) is 0. The summed E-state index contributed by atoms with van der Waals surface area (Å²) < 4.78 is 5.81. The van der Waals surface area contributed by atoms with Crippen LogP contribution in [0.2, 0.25) is 0 Å². The summed E-state index contributed by atoms with van der Waals surface area (Å²) in [4.78, 5) is 0.